The van der Waals surface area contributed by atoms with E-state index in [1.165, 1.54) is 27.6 Å². The molecule has 1 N–H and O–H groups in total. The van der Waals surface area contributed by atoms with Crippen LogP contribution in [0.25, 0.3) is 12.2 Å². The number of nitrogens with one attached hydrogen (secondary N) is 1. The number of hydrogen-bond donors (Lipinski definition) is 1. The summed E-state index contributed by atoms with van der Waals surface area (Å²) in [6.07, 6.45) is 3.26. The van der Waals surface area contributed by atoms with Gasteiger partial charge in [-0.05, 0) is 71.9 Å². The first-order valence-electron chi connectivity index (χ1n) is 10.9. The Balaban J connectivity index is 1.37. The van der Waals surface area contributed by atoms with Gasteiger partial charge in [0.25, 0.3) is 17.7 Å². The highest BCUT2D eigenvalue weighted by atomic mass is 35.5. The van der Waals surface area contributed by atoms with Crippen molar-refractivity contribution < 1.29 is 14.4 Å². The number of amides is 3. The molecular weight excluding hydrogens is 546 g/mol. The van der Waals surface area contributed by atoms with Crippen LogP contribution in [0.4, 0.5) is 11.4 Å². The number of hydrogen-bond acceptors (Lipinski definition) is 6. The van der Waals surface area contributed by atoms with Crippen molar-refractivity contribution in [3.8, 4) is 0 Å². The number of thiocarbonyl (C=S) groups is 2. The zero-order valence-electron chi connectivity index (χ0n) is 18.9. The van der Waals surface area contributed by atoms with Gasteiger partial charge in [-0.2, -0.15) is 0 Å². The van der Waals surface area contributed by atoms with Gasteiger partial charge in [-0.15, -0.1) is 0 Å². The van der Waals surface area contributed by atoms with E-state index in [-0.39, 0.29) is 16.6 Å². The number of rotatable bonds is 4. The van der Waals surface area contributed by atoms with Gasteiger partial charge in [0.05, 0.1) is 16.3 Å². The van der Waals surface area contributed by atoms with Crippen molar-refractivity contribution in [2.75, 3.05) is 9.80 Å². The summed E-state index contributed by atoms with van der Waals surface area (Å²) >= 11 is 17.8. The fourth-order valence-corrected chi connectivity index (χ4v) is 5.46. The number of thioether (sulfide) groups is 1. The molecule has 0 saturated carbocycles. The van der Waals surface area contributed by atoms with Crippen molar-refractivity contribution in [2.24, 2.45) is 0 Å². The van der Waals surface area contributed by atoms with Crippen molar-refractivity contribution in [3.63, 3.8) is 0 Å². The van der Waals surface area contributed by atoms with Crippen molar-refractivity contribution in [1.29, 1.82) is 0 Å². The molecule has 3 aromatic carbocycles. The minimum Gasteiger partial charge on any atom is -0.298 e. The summed E-state index contributed by atoms with van der Waals surface area (Å²) in [6.45, 7) is 0. The van der Waals surface area contributed by atoms with Crippen molar-refractivity contribution in [1.82, 2.24) is 5.32 Å². The SMILES string of the molecule is O=C1NC(=S)N(c2ccc(Cl)cc2)C(=O)C1=Cc1ccc(C=C2SC(=S)N(c3ccccc3)C2=O)cc1. The van der Waals surface area contributed by atoms with E-state index in [2.05, 4.69) is 5.32 Å². The van der Waals surface area contributed by atoms with Gasteiger partial charge in [0.1, 0.15) is 5.57 Å². The zero-order valence-corrected chi connectivity index (χ0v) is 22.1. The molecule has 3 amide bonds. The molecule has 2 heterocycles. The first-order valence-corrected chi connectivity index (χ1v) is 12.9. The predicted molar refractivity (Wildman–Crippen MR) is 156 cm³/mol. The number of carbonyl (C=O) groups is 3. The third kappa shape index (κ3) is 5.12. The van der Waals surface area contributed by atoms with E-state index in [4.69, 9.17) is 36.0 Å². The lowest BCUT2D eigenvalue weighted by Gasteiger charge is -2.28. The quantitative estimate of drug-likeness (QED) is 0.255. The van der Waals surface area contributed by atoms with E-state index in [1.807, 2.05) is 30.3 Å². The summed E-state index contributed by atoms with van der Waals surface area (Å²) in [5, 5.41) is 3.07. The molecule has 2 aliphatic heterocycles. The molecule has 0 spiro atoms. The largest absolute Gasteiger partial charge is 0.298 e. The Morgan fingerprint density at radius 1 is 0.730 bits per heavy atom. The molecule has 182 valence electrons. The molecule has 37 heavy (non-hydrogen) atoms. The monoisotopic (exact) mass is 561 g/mol. The lowest BCUT2D eigenvalue weighted by molar-refractivity contribution is -0.122. The van der Waals surface area contributed by atoms with E-state index in [1.54, 1.807) is 54.6 Å². The molecule has 10 heteroatoms. The van der Waals surface area contributed by atoms with Gasteiger partial charge >= 0.3 is 0 Å². The summed E-state index contributed by atoms with van der Waals surface area (Å²) in [7, 11) is 0. The maximum absolute atomic E-state index is 13.2. The molecule has 0 atom stereocenters. The average molecular weight is 562 g/mol. The Labute approximate surface area is 232 Å². The van der Waals surface area contributed by atoms with Gasteiger partial charge in [0.2, 0.25) is 0 Å². The molecule has 0 aliphatic carbocycles. The standard InChI is InChI=1S/C27H16ClN3O3S3/c28-18-10-12-20(13-11-18)30-24(33)21(23(32)29-26(30)35)14-16-6-8-17(9-7-16)15-22-25(34)31(27(36)37-22)19-4-2-1-3-5-19/h1-15H,(H,29,32,35). The summed E-state index contributed by atoms with van der Waals surface area (Å²) in [4.78, 5) is 41.9. The maximum atomic E-state index is 13.2. The molecule has 0 aromatic heterocycles. The number of nitrogens with zero attached hydrogens (tertiary/aromatic N) is 2. The molecule has 2 aliphatic rings. The highest BCUT2D eigenvalue weighted by molar-refractivity contribution is 8.27. The Morgan fingerprint density at radius 2 is 1.32 bits per heavy atom. The smallest absolute Gasteiger partial charge is 0.270 e. The number of carbonyl (C=O) groups excluding carboxylic acids is 3. The van der Waals surface area contributed by atoms with Crippen LogP contribution < -0.4 is 15.1 Å². The molecule has 6 nitrogen and oxygen atoms in total. The fraction of sp³-hybridized carbons (Fsp3) is 0. The van der Waals surface area contributed by atoms with Crippen molar-refractivity contribution in [2.45, 2.75) is 0 Å². The van der Waals surface area contributed by atoms with E-state index < -0.39 is 11.8 Å². The van der Waals surface area contributed by atoms with Crippen LogP contribution in [0.3, 0.4) is 0 Å². The predicted octanol–water partition coefficient (Wildman–Crippen LogP) is 5.58. The van der Waals surface area contributed by atoms with Crippen LogP contribution in [0.5, 0.6) is 0 Å². The third-order valence-corrected chi connectivity index (χ3v) is 7.38. The van der Waals surface area contributed by atoms with Crippen LogP contribution in [0.15, 0.2) is 89.3 Å². The van der Waals surface area contributed by atoms with Crippen molar-refractivity contribution >= 4 is 98.5 Å². The molecule has 2 fully saturated rings. The molecule has 0 bridgehead atoms. The second-order valence-electron chi connectivity index (χ2n) is 7.95. The number of para-hydroxylation sites is 1. The van der Waals surface area contributed by atoms with Crippen LogP contribution in [-0.4, -0.2) is 27.2 Å². The summed E-state index contributed by atoms with van der Waals surface area (Å²) < 4.78 is 0.466. The highest BCUT2D eigenvalue weighted by Crippen LogP contribution is 2.36. The average Bonchev–Trinajstić information content (AvgIpc) is 3.16. The van der Waals surface area contributed by atoms with Gasteiger partial charge in [-0.3, -0.25) is 29.5 Å². The van der Waals surface area contributed by atoms with Crippen LogP contribution >= 0.6 is 47.8 Å². The molecule has 3 aromatic rings. The van der Waals surface area contributed by atoms with Crippen LogP contribution in [0.2, 0.25) is 5.02 Å². The first-order chi connectivity index (χ1) is 17.8. The Kier molecular flexibility index (Phi) is 7.03. The van der Waals surface area contributed by atoms with Crippen LogP contribution in [0, 0.1) is 0 Å². The molecule has 5 rings (SSSR count). The minimum absolute atomic E-state index is 0.00219. The first kappa shape index (κ1) is 25.0. The fourth-order valence-electron chi connectivity index (χ4n) is 3.76. The Bertz CT molecular complexity index is 1520. The second-order valence-corrected chi connectivity index (χ2v) is 10.5. The van der Waals surface area contributed by atoms with Gasteiger partial charge in [0, 0.05) is 5.02 Å². The summed E-state index contributed by atoms with van der Waals surface area (Å²) in [6, 6.07) is 22.9. The normalized spacial score (nSPS) is 18.2. The molecule has 2 saturated heterocycles. The van der Waals surface area contributed by atoms with E-state index in [0.717, 1.165) is 11.3 Å². The van der Waals surface area contributed by atoms with E-state index in [9.17, 15) is 14.4 Å². The van der Waals surface area contributed by atoms with E-state index >= 15 is 0 Å². The van der Waals surface area contributed by atoms with E-state index in [0.29, 0.717) is 25.5 Å². The number of halogens is 1. The molecular formula is C27H16ClN3O3S3. The Morgan fingerprint density at radius 3 is 1.97 bits per heavy atom. The Hall–Kier alpha value is -3.63. The number of benzene rings is 3. The minimum atomic E-state index is -0.575. The van der Waals surface area contributed by atoms with Gasteiger partial charge in [0.15, 0.2) is 9.43 Å². The summed E-state index contributed by atoms with van der Waals surface area (Å²) in [5.41, 5.74) is 2.57. The third-order valence-electron chi connectivity index (χ3n) is 5.54. The maximum Gasteiger partial charge on any atom is 0.270 e. The molecule has 0 unspecified atom stereocenters. The van der Waals surface area contributed by atoms with Crippen molar-refractivity contribution in [3.05, 3.63) is 105 Å². The lowest BCUT2D eigenvalue weighted by atomic mass is 10.1. The topological polar surface area (TPSA) is 69.7 Å². The highest BCUT2D eigenvalue weighted by Gasteiger charge is 2.35. The summed E-state index contributed by atoms with van der Waals surface area (Å²) in [5.74, 6) is -1.30. The second kappa shape index (κ2) is 10.4. The van der Waals surface area contributed by atoms with Gasteiger partial charge in [-0.1, -0.05) is 78.0 Å². The zero-order chi connectivity index (χ0) is 26.1. The number of anilines is 2. The molecule has 0 radical (unpaired) electrons. The van der Waals surface area contributed by atoms with Gasteiger partial charge in [-0.25, -0.2) is 0 Å². The van der Waals surface area contributed by atoms with Crippen LogP contribution in [-0.2, 0) is 14.4 Å². The van der Waals surface area contributed by atoms with Crippen LogP contribution in [0.1, 0.15) is 11.1 Å². The lowest BCUT2D eigenvalue weighted by Crippen LogP contribution is -2.54. The van der Waals surface area contributed by atoms with Gasteiger partial charge < -0.3 is 0 Å².